The molecule has 0 radical (unpaired) electrons. The third-order valence-corrected chi connectivity index (χ3v) is 3.98. The van der Waals surface area contributed by atoms with E-state index in [-0.39, 0.29) is 5.91 Å². The van der Waals surface area contributed by atoms with Gasteiger partial charge in [0.25, 0.3) is 0 Å². The molecule has 3 heteroatoms. The third kappa shape index (κ3) is 4.76. The minimum Gasteiger partial charge on any atom is -0.497 e. The quantitative estimate of drug-likeness (QED) is 0.606. The predicted octanol–water partition coefficient (Wildman–Crippen LogP) is 4.06. The highest BCUT2D eigenvalue weighted by molar-refractivity contribution is 5.88. The Labute approximate surface area is 133 Å². The Morgan fingerprint density at radius 3 is 2.41 bits per heavy atom. The largest absolute Gasteiger partial charge is 0.497 e. The summed E-state index contributed by atoms with van der Waals surface area (Å²) in [6, 6.07) is 7.94. The Bertz CT molecular complexity index is 537. The van der Waals surface area contributed by atoms with Crippen molar-refractivity contribution in [2.24, 2.45) is 0 Å². The van der Waals surface area contributed by atoms with E-state index in [1.54, 1.807) is 13.2 Å². The van der Waals surface area contributed by atoms with Crippen molar-refractivity contribution in [3.63, 3.8) is 0 Å². The van der Waals surface area contributed by atoms with E-state index >= 15 is 0 Å². The van der Waals surface area contributed by atoms with Crippen LogP contribution in [0.15, 0.2) is 42.0 Å². The summed E-state index contributed by atoms with van der Waals surface area (Å²) in [5, 5.41) is 0. The molecule has 22 heavy (non-hydrogen) atoms. The first-order valence-corrected chi connectivity index (χ1v) is 8.04. The van der Waals surface area contributed by atoms with E-state index in [4.69, 9.17) is 4.74 Å². The molecule has 0 saturated carbocycles. The van der Waals surface area contributed by atoms with Gasteiger partial charge in [-0.1, -0.05) is 31.2 Å². The second kappa shape index (κ2) is 8.42. The molecule has 1 aromatic rings. The van der Waals surface area contributed by atoms with Crippen LogP contribution < -0.4 is 4.74 Å². The first-order chi connectivity index (χ1) is 10.7. The number of methoxy groups -OCH3 is 1. The van der Waals surface area contributed by atoms with Crippen molar-refractivity contribution in [2.45, 2.75) is 32.6 Å². The van der Waals surface area contributed by atoms with Gasteiger partial charge in [-0.15, -0.1) is 0 Å². The van der Waals surface area contributed by atoms with Gasteiger partial charge in [0.1, 0.15) is 5.75 Å². The van der Waals surface area contributed by atoms with Crippen LogP contribution >= 0.6 is 0 Å². The standard InChI is InChI=1S/C19H25NO2/c1-3-16(15-17-7-10-18(22-2)11-8-17)9-12-19(21)20-13-5-4-6-14-20/h7-12,15H,3-6,13-14H2,1-2H3. The fraction of sp³-hybridized carbons (Fsp3) is 0.421. The fourth-order valence-corrected chi connectivity index (χ4v) is 2.58. The van der Waals surface area contributed by atoms with Crippen molar-refractivity contribution < 1.29 is 9.53 Å². The van der Waals surface area contributed by atoms with Gasteiger partial charge in [-0.25, -0.2) is 0 Å². The first kappa shape index (κ1) is 16.3. The molecule has 1 saturated heterocycles. The molecule has 1 heterocycles. The Morgan fingerprint density at radius 1 is 1.14 bits per heavy atom. The van der Waals surface area contributed by atoms with Gasteiger partial charge in [0.15, 0.2) is 0 Å². The number of nitrogens with zero attached hydrogens (tertiary/aromatic N) is 1. The lowest BCUT2D eigenvalue weighted by molar-refractivity contribution is -0.126. The van der Waals surface area contributed by atoms with Gasteiger partial charge in [0, 0.05) is 19.2 Å². The van der Waals surface area contributed by atoms with E-state index in [9.17, 15) is 4.79 Å². The number of hydrogen-bond acceptors (Lipinski definition) is 2. The van der Waals surface area contributed by atoms with Gasteiger partial charge in [0.05, 0.1) is 7.11 Å². The van der Waals surface area contributed by atoms with Crippen molar-refractivity contribution in [1.82, 2.24) is 4.90 Å². The van der Waals surface area contributed by atoms with Gasteiger partial charge in [0.2, 0.25) is 5.91 Å². The molecule has 118 valence electrons. The van der Waals surface area contributed by atoms with Gasteiger partial charge >= 0.3 is 0 Å². The topological polar surface area (TPSA) is 29.5 Å². The zero-order valence-corrected chi connectivity index (χ0v) is 13.5. The molecule has 2 rings (SSSR count). The molecule has 1 aliphatic heterocycles. The minimum atomic E-state index is 0.133. The smallest absolute Gasteiger partial charge is 0.246 e. The monoisotopic (exact) mass is 299 g/mol. The fourth-order valence-electron chi connectivity index (χ4n) is 2.58. The number of likely N-dealkylation sites (tertiary alicyclic amines) is 1. The molecule has 1 aliphatic rings. The molecule has 3 nitrogen and oxygen atoms in total. The number of amides is 1. The van der Waals surface area contributed by atoms with Crippen molar-refractivity contribution in [3.8, 4) is 5.75 Å². The van der Waals surface area contributed by atoms with Crippen LogP contribution in [-0.2, 0) is 4.79 Å². The summed E-state index contributed by atoms with van der Waals surface area (Å²) < 4.78 is 5.16. The molecule has 1 amide bonds. The Kier molecular flexibility index (Phi) is 6.26. The van der Waals surface area contributed by atoms with Crippen molar-refractivity contribution in [2.75, 3.05) is 20.2 Å². The molecule has 0 bridgehead atoms. The first-order valence-electron chi connectivity index (χ1n) is 8.04. The minimum absolute atomic E-state index is 0.133. The maximum Gasteiger partial charge on any atom is 0.246 e. The van der Waals surface area contributed by atoms with E-state index in [0.717, 1.165) is 49.2 Å². The zero-order valence-electron chi connectivity index (χ0n) is 13.5. The number of hydrogen-bond donors (Lipinski definition) is 0. The lowest BCUT2D eigenvalue weighted by atomic mass is 10.1. The van der Waals surface area contributed by atoms with Crippen LogP contribution in [0.5, 0.6) is 5.75 Å². The summed E-state index contributed by atoms with van der Waals surface area (Å²) in [5.74, 6) is 0.986. The summed E-state index contributed by atoms with van der Waals surface area (Å²) in [5.41, 5.74) is 2.27. The predicted molar refractivity (Wildman–Crippen MR) is 90.8 cm³/mol. The molecular formula is C19H25NO2. The highest BCUT2D eigenvalue weighted by atomic mass is 16.5. The second-order valence-corrected chi connectivity index (χ2v) is 5.57. The van der Waals surface area contributed by atoms with Crippen LogP contribution in [0.1, 0.15) is 38.2 Å². The van der Waals surface area contributed by atoms with Gasteiger partial charge in [-0.2, -0.15) is 0 Å². The summed E-state index contributed by atoms with van der Waals surface area (Å²) >= 11 is 0. The summed E-state index contributed by atoms with van der Waals surface area (Å²) in [4.78, 5) is 14.1. The summed E-state index contributed by atoms with van der Waals surface area (Å²) in [7, 11) is 1.66. The van der Waals surface area contributed by atoms with Crippen LogP contribution in [0.3, 0.4) is 0 Å². The number of piperidine rings is 1. The van der Waals surface area contributed by atoms with Crippen molar-refractivity contribution in [3.05, 3.63) is 47.6 Å². The number of carbonyl (C=O) groups excluding carboxylic acids is 1. The maximum atomic E-state index is 12.1. The van der Waals surface area contributed by atoms with Gasteiger partial charge in [-0.3, -0.25) is 4.79 Å². The molecular weight excluding hydrogens is 274 g/mol. The Morgan fingerprint density at radius 2 is 1.82 bits per heavy atom. The zero-order chi connectivity index (χ0) is 15.8. The lowest BCUT2D eigenvalue weighted by Crippen LogP contribution is -2.34. The highest BCUT2D eigenvalue weighted by Gasteiger charge is 2.13. The number of ether oxygens (including phenoxy) is 1. The molecule has 0 unspecified atom stereocenters. The van der Waals surface area contributed by atoms with E-state index < -0.39 is 0 Å². The van der Waals surface area contributed by atoms with E-state index in [2.05, 4.69) is 13.0 Å². The number of rotatable bonds is 5. The SMILES string of the molecule is CCC(C=CC(=O)N1CCCCC1)=Cc1ccc(OC)cc1. The average Bonchev–Trinajstić information content (AvgIpc) is 2.59. The van der Waals surface area contributed by atoms with Crippen molar-refractivity contribution >= 4 is 12.0 Å². The molecule has 0 N–H and O–H groups in total. The van der Waals surface area contributed by atoms with Crippen LogP contribution in [0, 0.1) is 0 Å². The van der Waals surface area contributed by atoms with E-state index in [1.807, 2.05) is 35.2 Å². The molecule has 0 atom stereocenters. The molecule has 1 fully saturated rings. The number of allylic oxidation sites excluding steroid dienone is 2. The molecule has 1 aromatic carbocycles. The van der Waals surface area contributed by atoms with Crippen molar-refractivity contribution in [1.29, 1.82) is 0 Å². The highest BCUT2D eigenvalue weighted by Crippen LogP contribution is 2.16. The Balaban J connectivity index is 2.01. The molecule has 0 aromatic heterocycles. The van der Waals surface area contributed by atoms with Crippen LogP contribution in [0.25, 0.3) is 6.08 Å². The molecule has 0 aliphatic carbocycles. The summed E-state index contributed by atoms with van der Waals surface area (Å²) in [6.07, 6.45) is 10.2. The number of benzene rings is 1. The lowest BCUT2D eigenvalue weighted by Gasteiger charge is -2.25. The van der Waals surface area contributed by atoms with Gasteiger partial charge in [-0.05, 0) is 49.0 Å². The van der Waals surface area contributed by atoms with Crippen LogP contribution in [0.4, 0.5) is 0 Å². The summed E-state index contributed by atoms with van der Waals surface area (Å²) in [6.45, 7) is 3.89. The average molecular weight is 299 g/mol. The van der Waals surface area contributed by atoms with Gasteiger partial charge < -0.3 is 9.64 Å². The second-order valence-electron chi connectivity index (χ2n) is 5.57. The van der Waals surface area contributed by atoms with E-state index in [0.29, 0.717) is 0 Å². The van der Waals surface area contributed by atoms with Crippen LogP contribution in [-0.4, -0.2) is 31.0 Å². The van der Waals surface area contributed by atoms with Crippen LogP contribution in [0.2, 0.25) is 0 Å². The normalized spacial score (nSPS) is 16.1. The number of carbonyl (C=O) groups is 1. The third-order valence-electron chi connectivity index (χ3n) is 3.98. The Hall–Kier alpha value is -2.03. The molecule has 0 spiro atoms. The van der Waals surface area contributed by atoms with E-state index in [1.165, 1.54) is 6.42 Å². The maximum absolute atomic E-state index is 12.1.